The molecule has 0 spiro atoms. The van der Waals surface area contributed by atoms with Crippen LogP contribution in [0.25, 0.3) is 10.9 Å². The second-order valence-corrected chi connectivity index (χ2v) is 9.09. The number of methoxy groups -OCH3 is 1. The zero-order chi connectivity index (χ0) is 23.7. The maximum atomic E-state index is 13.9. The molecule has 2 heterocycles. The van der Waals surface area contributed by atoms with Crippen molar-refractivity contribution in [2.24, 2.45) is 7.05 Å². The number of carbonyl (C=O) groups is 2. The molecular weight excluding hydrogens is 446 g/mol. The van der Waals surface area contributed by atoms with Gasteiger partial charge in [0.25, 0.3) is 0 Å². The Morgan fingerprint density at radius 3 is 2.53 bits per heavy atom. The molecule has 1 aromatic heterocycles. The monoisotopic (exact) mass is 471 g/mol. The van der Waals surface area contributed by atoms with Gasteiger partial charge in [0.05, 0.1) is 23.6 Å². The lowest BCUT2D eigenvalue weighted by molar-refractivity contribution is -0.125. The molecule has 2 amide bonds. The quantitative estimate of drug-likeness (QED) is 0.459. The highest BCUT2D eigenvalue weighted by molar-refractivity contribution is 8.00. The first-order valence-corrected chi connectivity index (χ1v) is 12.1. The number of nitrogens with zero attached hydrogens (tertiary/aromatic N) is 2. The minimum atomic E-state index is -0.844. The Hall–Kier alpha value is -3.71. The molecule has 4 aromatic rings. The number of ether oxygens (including phenoxy) is 1. The molecule has 1 atom stereocenters. The van der Waals surface area contributed by atoms with Gasteiger partial charge >= 0.3 is 0 Å². The first-order chi connectivity index (χ1) is 16.6. The fourth-order valence-electron chi connectivity index (χ4n) is 4.54. The first-order valence-electron chi connectivity index (χ1n) is 11.1. The number of rotatable bonds is 5. The molecule has 7 heteroatoms. The summed E-state index contributed by atoms with van der Waals surface area (Å²) < 4.78 is 7.66. The average Bonchev–Trinajstić information content (AvgIpc) is 3.05. The van der Waals surface area contributed by atoms with Crippen molar-refractivity contribution < 1.29 is 14.3 Å². The van der Waals surface area contributed by atoms with E-state index in [4.69, 9.17) is 4.74 Å². The standard InChI is InChI=1S/C27H25N3O3S/c1-29-20-13-7-6-12-19(20)24-25(26(32)28-16-18-10-4-3-5-11-18)30(23(31)17-34-27(24)29)21-14-8-9-15-22(21)33-2/h3-15,25H,16-17H2,1-2H3,(H,28,32). The van der Waals surface area contributed by atoms with E-state index in [1.165, 1.54) is 11.8 Å². The molecule has 1 unspecified atom stereocenters. The van der Waals surface area contributed by atoms with Gasteiger partial charge in [-0.2, -0.15) is 0 Å². The van der Waals surface area contributed by atoms with Crippen LogP contribution < -0.4 is 15.0 Å². The lowest BCUT2D eigenvalue weighted by atomic mass is 10.0. The van der Waals surface area contributed by atoms with Gasteiger partial charge in [-0.25, -0.2) is 0 Å². The van der Waals surface area contributed by atoms with Gasteiger partial charge < -0.3 is 14.6 Å². The summed E-state index contributed by atoms with van der Waals surface area (Å²) in [4.78, 5) is 29.1. The van der Waals surface area contributed by atoms with Crippen LogP contribution >= 0.6 is 11.8 Å². The van der Waals surface area contributed by atoms with Gasteiger partial charge in [0, 0.05) is 30.1 Å². The van der Waals surface area contributed by atoms with Gasteiger partial charge in [-0.3, -0.25) is 14.5 Å². The van der Waals surface area contributed by atoms with Crippen LogP contribution in [-0.4, -0.2) is 29.2 Å². The summed E-state index contributed by atoms with van der Waals surface area (Å²) in [5.41, 5.74) is 3.43. The van der Waals surface area contributed by atoms with Crippen molar-refractivity contribution in [3.8, 4) is 5.75 Å². The van der Waals surface area contributed by atoms with Gasteiger partial charge in [0.1, 0.15) is 11.8 Å². The molecule has 0 fully saturated rings. The molecule has 0 radical (unpaired) electrons. The Labute approximate surface area is 202 Å². The molecule has 3 aromatic carbocycles. The fourth-order valence-corrected chi connectivity index (χ4v) is 5.61. The minimum Gasteiger partial charge on any atom is -0.495 e. The summed E-state index contributed by atoms with van der Waals surface area (Å²) in [6.07, 6.45) is 0. The number of hydrogen-bond donors (Lipinski definition) is 1. The number of benzene rings is 3. The highest BCUT2D eigenvalue weighted by Gasteiger charge is 2.40. The molecule has 0 aliphatic carbocycles. The molecule has 34 heavy (non-hydrogen) atoms. The van der Waals surface area contributed by atoms with Crippen molar-refractivity contribution in [3.05, 3.63) is 90.0 Å². The Balaban J connectivity index is 1.68. The van der Waals surface area contributed by atoms with Crippen LogP contribution in [0.3, 0.4) is 0 Å². The molecular formula is C27H25N3O3S. The van der Waals surface area contributed by atoms with Crippen LogP contribution in [0.15, 0.2) is 83.9 Å². The van der Waals surface area contributed by atoms with E-state index in [0.29, 0.717) is 18.0 Å². The summed E-state index contributed by atoms with van der Waals surface area (Å²) in [5.74, 6) is 0.390. The van der Waals surface area contributed by atoms with E-state index in [1.807, 2.05) is 85.9 Å². The van der Waals surface area contributed by atoms with E-state index >= 15 is 0 Å². The van der Waals surface area contributed by atoms with Crippen molar-refractivity contribution in [2.75, 3.05) is 17.8 Å². The van der Waals surface area contributed by atoms with Crippen molar-refractivity contribution >= 4 is 40.2 Å². The van der Waals surface area contributed by atoms with E-state index in [1.54, 1.807) is 12.0 Å². The molecule has 1 aliphatic rings. The van der Waals surface area contributed by atoms with Gasteiger partial charge in [0.2, 0.25) is 11.8 Å². The summed E-state index contributed by atoms with van der Waals surface area (Å²) in [6, 6.07) is 24.3. The number of nitrogens with one attached hydrogen (secondary N) is 1. The maximum absolute atomic E-state index is 13.9. The largest absolute Gasteiger partial charge is 0.495 e. The Kier molecular flexibility index (Phi) is 6.02. The van der Waals surface area contributed by atoms with Crippen LogP contribution in [0.5, 0.6) is 5.75 Å². The smallest absolute Gasteiger partial charge is 0.248 e. The number of aromatic nitrogens is 1. The van der Waals surface area contributed by atoms with E-state index in [-0.39, 0.29) is 17.6 Å². The third kappa shape index (κ3) is 3.82. The highest BCUT2D eigenvalue weighted by atomic mass is 32.2. The van der Waals surface area contributed by atoms with Gasteiger partial charge in [-0.05, 0) is 23.8 Å². The zero-order valence-electron chi connectivity index (χ0n) is 19.0. The second kappa shape index (κ2) is 9.27. The Bertz CT molecular complexity index is 1370. The number of aryl methyl sites for hydroxylation is 1. The van der Waals surface area contributed by atoms with Crippen molar-refractivity contribution in [2.45, 2.75) is 17.6 Å². The SMILES string of the molecule is COc1ccccc1N1C(=O)CSc2c(c3ccccc3n2C)C1C(=O)NCc1ccccc1. The lowest BCUT2D eigenvalue weighted by Gasteiger charge is -2.30. The number of thioether (sulfide) groups is 1. The summed E-state index contributed by atoms with van der Waals surface area (Å²) in [5, 5.41) is 4.96. The number of anilines is 1. The topological polar surface area (TPSA) is 63.6 Å². The molecule has 0 saturated heterocycles. The normalized spacial score (nSPS) is 15.6. The number of para-hydroxylation sites is 3. The van der Waals surface area contributed by atoms with Crippen LogP contribution in [-0.2, 0) is 23.2 Å². The highest BCUT2D eigenvalue weighted by Crippen LogP contribution is 2.45. The Morgan fingerprint density at radius 2 is 1.74 bits per heavy atom. The number of amides is 2. The van der Waals surface area contributed by atoms with Crippen molar-refractivity contribution in [1.82, 2.24) is 9.88 Å². The van der Waals surface area contributed by atoms with Crippen LogP contribution in [0.1, 0.15) is 17.2 Å². The molecule has 0 bridgehead atoms. The van der Waals surface area contributed by atoms with Crippen molar-refractivity contribution in [3.63, 3.8) is 0 Å². The first kappa shape index (κ1) is 22.1. The number of hydrogen-bond acceptors (Lipinski definition) is 4. The van der Waals surface area contributed by atoms with Gasteiger partial charge in [-0.1, -0.05) is 72.4 Å². The minimum absolute atomic E-state index is 0.144. The van der Waals surface area contributed by atoms with E-state index in [2.05, 4.69) is 9.88 Å². The molecule has 6 nitrogen and oxygen atoms in total. The van der Waals surface area contributed by atoms with E-state index < -0.39 is 6.04 Å². The van der Waals surface area contributed by atoms with E-state index in [9.17, 15) is 9.59 Å². The number of fused-ring (bicyclic) bond motifs is 3. The predicted octanol–water partition coefficient (Wildman–Crippen LogP) is 4.68. The molecule has 1 aliphatic heterocycles. The van der Waals surface area contributed by atoms with Crippen LogP contribution in [0.4, 0.5) is 5.69 Å². The lowest BCUT2D eigenvalue weighted by Crippen LogP contribution is -2.44. The Morgan fingerprint density at radius 1 is 1.03 bits per heavy atom. The van der Waals surface area contributed by atoms with Crippen LogP contribution in [0.2, 0.25) is 0 Å². The van der Waals surface area contributed by atoms with Gasteiger partial charge in [-0.15, -0.1) is 0 Å². The predicted molar refractivity (Wildman–Crippen MR) is 135 cm³/mol. The molecule has 1 N–H and O–H groups in total. The number of carbonyl (C=O) groups excluding carboxylic acids is 2. The molecule has 0 saturated carbocycles. The van der Waals surface area contributed by atoms with Gasteiger partial charge in [0.15, 0.2) is 0 Å². The zero-order valence-corrected chi connectivity index (χ0v) is 19.8. The average molecular weight is 472 g/mol. The summed E-state index contributed by atoms with van der Waals surface area (Å²) in [6.45, 7) is 0.372. The molecule has 5 rings (SSSR count). The summed E-state index contributed by atoms with van der Waals surface area (Å²) >= 11 is 1.47. The molecule has 172 valence electrons. The van der Waals surface area contributed by atoms with Crippen molar-refractivity contribution in [1.29, 1.82) is 0 Å². The van der Waals surface area contributed by atoms with E-state index in [0.717, 1.165) is 27.1 Å². The third-order valence-corrected chi connectivity index (χ3v) is 7.28. The van der Waals surface area contributed by atoms with Crippen LogP contribution in [0, 0.1) is 0 Å². The third-order valence-electron chi connectivity index (χ3n) is 6.13. The second-order valence-electron chi connectivity index (χ2n) is 8.13. The summed E-state index contributed by atoms with van der Waals surface area (Å²) in [7, 11) is 3.56. The maximum Gasteiger partial charge on any atom is 0.248 e. The fraction of sp³-hybridized carbons (Fsp3) is 0.185.